The van der Waals surface area contributed by atoms with Gasteiger partial charge in [0.15, 0.2) is 12.2 Å². The number of rotatable bonds is 4. The maximum absolute atomic E-state index is 13.7. The predicted molar refractivity (Wildman–Crippen MR) is 110 cm³/mol. The summed E-state index contributed by atoms with van der Waals surface area (Å²) in [7, 11) is 0. The average Bonchev–Trinajstić information content (AvgIpc) is 3.17. The van der Waals surface area contributed by atoms with Gasteiger partial charge in [-0.2, -0.15) is 27.5 Å². The van der Waals surface area contributed by atoms with Gasteiger partial charge in [-0.1, -0.05) is 0 Å². The van der Waals surface area contributed by atoms with E-state index in [1.807, 2.05) is 0 Å². The van der Waals surface area contributed by atoms with Crippen LogP contribution in [0.2, 0.25) is 0 Å². The Morgan fingerprint density at radius 3 is 1.39 bits per heavy atom. The topological polar surface area (TPSA) is 221 Å². The summed E-state index contributed by atoms with van der Waals surface area (Å²) in [6.07, 6.45) is -9.38. The fourth-order valence-corrected chi connectivity index (χ4v) is 3.45. The van der Waals surface area contributed by atoms with E-state index in [0.29, 0.717) is 9.13 Å². The molecule has 0 aromatic carbocycles. The number of hydrogen-bond donors (Lipinski definition) is 6. The molecule has 14 nitrogen and oxygen atoms in total. The van der Waals surface area contributed by atoms with Crippen LogP contribution in [-0.2, 0) is 9.47 Å². The van der Waals surface area contributed by atoms with E-state index >= 15 is 0 Å². The molecule has 2 aliphatic rings. The molecule has 6 atom stereocenters. The number of alkyl halides is 4. The molecule has 36 heavy (non-hydrogen) atoms. The van der Waals surface area contributed by atoms with Crippen LogP contribution in [0.25, 0.3) is 0 Å². The zero-order valence-corrected chi connectivity index (χ0v) is 18.1. The molecule has 0 radical (unpaired) electrons. The van der Waals surface area contributed by atoms with E-state index in [9.17, 15) is 37.4 Å². The van der Waals surface area contributed by atoms with Gasteiger partial charge in [0.2, 0.25) is 12.5 Å². The summed E-state index contributed by atoms with van der Waals surface area (Å²) in [5.74, 6) is -7.65. The molecule has 2 aliphatic heterocycles. The van der Waals surface area contributed by atoms with Crippen LogP contribution < -0.4 is 22.8 Å². The van der Waals surface area contributed by atoms with E-state index in [1.165, 1.54) is 0 Å². The van der Waals surface area contributed by atoms with Gasteiger partial charge in [0, 0.05) is 12.4 Å². The monoisotopic (exact) mass is 526 g/mol. The van der Waals surface area contributed by atoms with Gasteiger partial charge < -0.3 is 41.4 Å². The lowest BCUT2D eigenvalue weighted by Crippen LogP contribution is -2.41. The van der Waals surface area contributed by atoms with Crippen LogP contribution in [0, 0.1) is 0 Å². The SMILES string of the molecule is Nc1ccn([C@@H]2O[C@H](CO)[C@@H](O)C2(F)F)c(=O)n1.Nc1ccn([C@@H]2O[C@H](CO)[C@@H](O)C2(F)F)c(=O)n1. The highest BCUT2D eigenvalue weighted by Crippen LogP contribution is 2.42. The zero-order valence-electron chi connectivity index (χ0n) is 18.1. The van der Waals surface area contributed by atoms with E-state index in [0.717, 1.165) is 24.5 Å². The van der Waals surface area contributed by atoms with Crippen LogP contribution in [0.15, 0.2) is 34.1 Å². The number of aliphatic hydroxyl groups is 4. The minimum atomic E-state index is -3.71. The maximum atomic E-state index is 13.7. The van der Waals surface area contributed by atoms with E-state index in [1.54, 1.807) is 0 Å². The van der Waals surface area contributed by atoms with Crippen molar-refractivity contribution in [1.29, 1.82) is 0 Å². The summed E-state index contributed by atoms with van der Waals surface area (Å²) in [6.45, 7) is -1.57. The quantitative estimate of drug-likeness (QED) is 0.226. The van der Waals surface area contributed by atoms with Crippen molar-refractivity contribution < 1.29 is 47.5 Å². The van der Waals surface area contributed by atoms with Crippen molar-refractivity contribution in [2.75, 3.05) is 24.7 Å². The van der Waals surface area contributed by atoms with Crippen LogP contribution in [-0.4, -0.2) is 89.0 Å². The molecule has 2 fully saturated rings. The first-order valence-electron chi connectivity index (χ1n) is 10.1. The van der Waals surface area contributed by atoms with Crippen LogP contribution in [0.5, 0.6) is 0 Å². The van der Waals surface area contributed by atoms with Crippen molar-refractivity contribution in [2.24, 2.45) is 0 Å². The summed E-state index contributed by atoms with van der Waals surface area (Å²) in [5, 5.41) is 36.2. The highest BCUT2D eigenvalue weighted by molar-refractivity contribution is 5.24. The van der Waals surface area contributed by atoms with Gasteiger partial charge in [0.1, 0.15) is 23.8 Å². The third-order valence-corrected chi connectivity index (χ3v) is 5.33. The summed E-state index contributed by atoms with van der Waals surface area (Å²) >= 11 is 0. The normalized spacial score (nSPS) is 30.6. The van der Waals surface area contributed by atoms with Gasteiger partial charge in [-0.3, -0.25) is 9.13 Å². The number of aliphatic hydroxyl groups excluding tert-OH is 4. The fraction of sp³-hybridized carbons (Fsp3) is 0.556. The lowest BCUT2D eigenvalue weighted by atomic mass is 10.1. The van der Waals surface area contributed by atoms with E-state index < -0.39 is 73.3 Å². The third-order valence-electron chi connectivity index (χ3n) is 5.33. The zero-order chi connectivity index (χ0) is 27.0. The minimum absolute atomic E-state index is 0.114. The summed E-state index contributed by atoms with van der Waals surface area (Å²) in [4.78, 5) is 29.4. The number of ether oxygens (including phenoxy) is 2. The average molecular weight is 526 g/mol. The number of nitrogen functional groups attached to an aromatic ring is 2. The Kier molecular flexibility index (Phi) is 7.67. The first-order valence-corrected chi connectivity index (χ1v) is 10.1. The Morgan fingerprint density at radius 2 is 1.14 bits per heavy atom. The molecule has 0 bridgehead atoms. The molecule has 0 aliphatic carbocycles. The Hall–Kier alpha value is -3.16. The van der Waals surface area contributed by atoms with Crippen molar-refractivity contribution in [1.82, 2.24) is 19.1 Å². The molecule has 0 saturated carbocycles. The second kappa shape index (κ2) is 10.1. The van der Waals surface area contributed by atoms with Gasteiger partial charge in [0.25, 0.3) is 0 Å². The van der Waals surface area contributed by atoms with Gasteiger partial charge in [-0.25, -0.2) is 9.59 Å². The van der Waals surface area contributed by atoms with Crippen molar-refractivity contribution in [3.05, 3.63) is 45.5 Å². The number of hydrogen-bond acceptors (Lipinski definition) is 12. The van der Waals surface area contributed by atoms with Gasteiger partial charge in [-0.05, 0) is 12.1 Å². The molecular formula is C18H22F4N6O8. The number of halogens is 4. The number of aromatic nitrogens is 4. The maximum Gasteiger partial charge on any atom is 0.351 e. The lowest BCUT2D eigenvalue weighted by molar-refractivity contribution is -0.141. The molecule has 4 heterocycles. The van der Waals surface area contributed by atoms with E-state index in [4.69, 9.17) is 31.2 Å². The fourth-order valence-electron chi connectivity index (χ4n) is 3.45. The predicted octanol–water partition coefficient (Wildman–Crippen LogP) is -2.58. The third kappa shape index (κ3) is 4.90. The first kappa shape index (κ1) is 27.4. The van der Waals surface area contributed by atoms with Gasteiger partial charge >= 0.3 is 23.2 Å². The van der Waals surface area contributed by atoms with Crippen molar-refractivity contribution in [3.8, 4) is 0 Å². The van der Waals surface area contributed by atoms with Crippen LogP contribution in [0.3, 0.4) is 0 Å². The van der Waals surface area contributed by atoms with Crippen LogP contribution in [0.1, 0.15) is 12.5 Å². The van der Waals surface area contributed by atoms with Gasteiger partial charge in [-0.15, -0.1) is 0 Å². The molecule has 0 amide bonds. The molecule has 0 spiro atoms. The minimum Gasteiger partial charge on any atom is -0.394 e. The van der Waals surface area contributed by atoms with Crippen LogP contribution >= 0.6 is 0 Å². The molecule has 2 aromatic heterocycles. The van der Waals surface area contributed by atoms with E-state index in [2.05, 4.69) is 9.97 Å². The summed E-state index contributed by atoms with van der Waals surface area (Å²) in [6, 6.07) is 2.30. The molecular weight excluding hydrogens is 504 g/mol. The van der Waals surface area contributed by atoms with Crippen molar-refractivity contribution >= 4 is 11.6 Å². The largest absolute Gasteiger partial charge is 0.394 e. The van der Waals surface area contributed by atoms with Crippen molar-refractivity contribution in [2.45, 2.75) is 48.7 Å². The first-order chi connectivity index (χ1) is 16.7. The molecule has 4 rings (SSSR count). The standard InChI is InChI=1S/2C9H11F2N3O4/c2*10-9(11)6(16)4(3-15)18-7(9)14-2-1-5(12)13-8(14)17/h2*1-2,4,6-7,15-16H,3H2,(H2,12,13,17)/t2*4-,6-,7-/m11/s1. The summed E-state index contributed by atoms with van der Waals surface area (Å²) in [5.41, 5.74) is 8.42. The molecule has 0 unspecified atom stereocenters. The Bertz CT molecular complexity index is 1110. The Balaban J connectivity index is 0.000000201. The smallest absolute Gasteiger partial charge is 0.351 e. The molecule has 18 heteroatoms. The molecule has 2 saturated heterocycles. The number of anilines is 2. The van der Waals surface area contributed by atoms with Gasteiger partial charge in [0.05, 0.1) is 13.2 Å². The number of nitrogens with two attached hydrogens (primary N) is 2. The highest BCUT2D eigenvalue weighted by atomic mass is 19.3. The summed E-state index contributed by atoms with van der Waals surface area (Å²) < 4.78 is 65.4. The second-order valence-corrected chi connectivity index (χ2v) is 7.74. The molecule has 8 N–H and O–H groups in total. The molecule has 2 aromatic rings. The van der Waals surface area contributed by atoms with Crippen LogP contribution in [0.4, 0.5) is 29.2 Å². The second-order valence-electron chi connectivity index (χ2n) is 7.74. The Labute approximate surface area is 197 Å². The highest BCUT2D eigenvalue weighted by Gasteiger charge is 2.60. The number of nitrogens with zero attached hydrogens (tertiary/aromatic N) is 4. The lowest BCUT2D eigenvalue weighted by Gasteiger charge is -2.20. The van der Waals surface area contributed by atoms with Crippen molar-refractivity contribution in [3.63, 3.8) is 0 Å². The molecule has 200 valence electrons. The Morgan fingerprint density at radius 1 is 0.806 bits per heavy atom. The van der Waals surface area contributed by atoms with E-state index in [-0.39, 0.29) is 11.6 Å².